The average molecular weight is 314 g/mol. The summed E-state index contributed by atoms with van der Waals surface area (Å²) in [4.78, 5) is 15.5. The first-order valence-electron chi connectivity index (χ1n) is 5.16. The number of aromatic nitrogens is 2. The maximum atomic E-state index is 13.6. The summed E-state index contributed by atoms with van der Waals surface area (Å²) < 4.78 is 18.6. The molecule has 5 nitrogen and oxygen atoms in total. The standard InChI is InChI=1S/C11H9BrFN3O2/c12-8-3-1-2-7(10(8)13)11(17)14-5-4-9-15-6-16-18-9/h1-3,6H,4-5H2,(H,14,17). The number of carbonyl (C=O) groups is 1. The van der Waals surface area contributed by atoms with Crippen LogP contribution in [0.2, 0.25) is 0 Å². The lowest BCUT2D eigenvalue weighted by Gasteiger charge is -2.05. The van der Waals surface area contributed by atoms with E-state index in [1.165, 1.54) is 18.5 Å². The van der Waals surface area contributed by atoms with Crippen LogP contribution in [0.3, 0.4) is 0 Å². The van der Waals surface area contributed by atoms with Crippen molar-refractivity contribution in [2.75, 3.05) is 6.54 Å². The van der Waals surface area contributed by atoms with E-state index in [0.29, 0.717) is 18.9 Å². The van der Waals surface area contributed by atoms with Crippen LogP contribution in [-0.4, -0.2) is 22.6 Å². The lowest BCUT2D eigenvalue weighted by Crippen LogP contribution is -2.26. The second kappa shape index (κ2) is 5.72. The molecule has 0 unspecified atom stereocenters. The van der Waals surface area contributed by atoms with Gasteiger partial charge in [-0.1, -0.05) is 11.2 Å². The van der Waals surface area contributed by atoms with Crippen LogP contribution in [0.4, 0.5) is 4.39 Å². The molecule has 0 aliphatic carbocycles. The highest BCUT2D eigenvalue weighted by molar-refractivity contribution is 9.10. The number of hydrogen-bond acceptors (Lipinski definition) is 4. The lowest BCUT2D eigenvalue weighted by molar-refractivity contribution is 0.0949. The van der Waals surface area contributed by atoms with E-state index >= 15 is 0 Å². The molecule has 0 aliphatic rings. The number of hydrogen-bond donors (Lipinski definition) is 1. The van der Waals surface area contributed by atoms with Crippen LogP contribution in [0, 0.1) is 5.82 Å². The third kappa shape index (κ3) is 2.92. The Bertz CT molecular complexity index is 545. The number of benzene rings is 1. The number of rotatable bonds is 4. The van der Waals surface area contributed by atoms with Crippen molar-refractivity contribution in [2.45, 2.75) is 6.42 Å². The van der Waals surface area contributed by atoms with Crippen LogP contribution in [0.15, 0.2) is 33.5 Å². The van der Waals surface area contributed by atoms with Crippen LogP contribution < -0.4 is 5.32 Å². The van der Waals surface area contributed by atoms with Gasteiger partial charge in [-0.15, -0.1) is 0 Å². The first-order chi connectivity index (χ1) is 8.68. The fraction of sp³-hybridized carbons (Fsp3) is 0.182. The monoisotopic (exact) mass is 313 g/mol. The van der Waals surface area contributed by atoms with Crippen molar-refractivity contribution in [3.63, 3.8) is 0 Å². The van der Waals surface area contributed by atoms with Crippen molar-refractivity contribution < 1.29 is 13.7 Å². The van der Waals surface area contributed by atoms with Gasteiger partial charge in [0.1, 0.15) is 5.82 Å². The molecule has 18 heavy (non-hydrogen) atoms. The molecule has 2 aromatic rings. The molecule has 1 aromatic carbocycles. The Hall–Kier alpha value is -1.76. The van der Waals surface area contributed by atoms with E-state index in [9.17, 15) is 9.18 Å². The van der Waals surface area contributed by atoms with E-state index in [-0.39, 0.29) is 10.0 Å². The minimum absolute atomic E-state index is 0.00472. The summed E-state index contributed by atoms with van der Waals surface area (Å²) in [6.07, 6.45) is 1.69. The SMILES string of the molecule is O=C(NCCc1ncno1)c1cccc(Br)c1F. The molecule has 1 amide bonds. The molecule has 0 saturated carbocycles. The molecule has 7 heteroatoms. The lowest BCUT2D eigenvalue weighted by atomic mass is 10.2. The van der Waals surface area contributed by atoms with E-state index in [2.05, 4.69) is 31.4 Å². The molecule has 2 rings (SSSR count). The number of halogens is 2. The predicted octanol–water partition coefficient (Wildman–Crippen LogP) is 1.94. The van der Waals surface area contributed by atoms with Crippen LogP contribution in [-0.2, 0) is 6.42 Å². The summed E-state index contributed by atoms with van der Waals surface area (Å²) in [6.45, 7) is 0.299. The summed E-state index contributed by atoms with van der Waals surface area (Å²) in [5, 5.41) is 6.02. The van der Waals surface area contributed by atoms with Crippen molar-refractivity contribution >= 4 is 21.8 Å². The van der Waals surface area contributed by atoms with Crippen LogP contribution in [0.5, 0.6) is 0 Å². The molecule has 0 bridgehead atoms. The van der Waals surface area contributed by atoms with E-state index in [0.717, 1.165) is 0 Å². The summed E-state index contributed by atoms with van der Waals surface area (Å²) in [6, 6.07) is 4.55. The van der Waals surface area contributed by atoms with Crippen molar-refractivity contribution in [3.05, 3.63) is 46.3 Å². The summed E-state index contributed by atoms with van der Waals surface area (Å²) >= 11 is 3.03. The topological polar surface area (TPSA) is 68.0 Å². The Morgan fingerprint density at radius 1 is 1.50 bits per heavy atom. The van der Waals surface area contributed by atoms with Gasteiger partial charge in [0.05, 0.1) is 10.0 Å². The Morgan fingerprint density at radius 2 is 2.33 bits per heavy atom. The summed E-state index contributed by atoms with van der Waals surface area (Å²) in [5.74, 6) is -0.633. The maximum Gasteiger partial charge on any atom is 0.254 e. The van der Waals surface area contributed by atoms with Crippen molar-refractivity contribution in [1.29, 1.82) is 0 Å². The van der Waals surface area contributed by atoms with Crippen LogP contribution in [0.25, 0.3) is 0 Å². The number of nitrogens with zero attached hydrogens (tertiary/aromatic N) is 2. The van der Waals surface area contributed by atoms with Gasteiger partial charge in [-0.05, 0) is 28.1 Å². The Kier molecular flexibility index (Phi) is 4.03. The van der Waals surface area contributed by atoms with Crippen molar-refractivity contribution in [1.82, 2.24) is 15.5 Å². The predicted molar refractivity (Wildman–Crippen MR) is 64.4 cm³/mol. The molecule has 94 valence electrons. The fourth-order valence-corrected chi connectivity index (χ4v) is 1.73. The first-order valence-corrected chi connectivity index (χ1v) is 5.95. The van der Waals surface area contributed by atoms with Gasteiger partial charge in [0, 0.05) is 13.0 Å². The second-order valence-corrected chi connectivity index (χ2v) is 4.30. The smallest absolute Gasteiger partial charge is 0.254 e. The minimum atomic E-state index is -0.576. The van der Waals surface area contributed by atoms with E-state index < -0.39 is 11.7 Å². The number of carbonyl (C=O) groups excluding carboxylic acids is 1. The minimum Gasteiger partial charge on any atom is -0.351 e. The van der Waals surface area contributed by atoms with Gasteiger partial charge in [0.25, 0.3) is 5.91 Å². The largest absolute Gasteiger partial charge is 0.351 e. The molecule has 0 aliphatic heterocycles. The Balaban J connectivity index is 1.93. The van der Waals surface area contributed by atoms with Gasteiger partial charge in [-0.2, -0.15) is 4.98 Å². The highest BCUT2D eigenvalue weighted by Crippen LogP contribution is 2.18. The Labute approximate surface area is 111 Å². The van der Waals surface area contributed by atoms with Gasteiger partial charge < -0.3 is 9.84 Å². The van der Waals surface area contributed by atoms with E-state index in [4.69, 9.17) is 4.52 Å². The Morgan fingerprint density at radius 3 is 3.06 bits per heavy atom. The molecular formula is C11H9BrFN3O2. The van der Waals surface area contributed by atoms with Crippen LogP contribution in [0.1, 0.15) is 16.2 Å². The number of amides is 1. The average Bonchev–Trinajstić information content (AvgIpc) is 2.85. The molecule has 0 atom stereocenters. The molecule has 0 saturated heterocycles. The highest BCUT2D eigenvalue weighted by Gasteiger charge is 2.13. The van der Waals surface area contributed by atoms with Gasteiger partial charge in [0.2, 0.25) is 5.89 Å². The first kappa shape index (κ1) is 12.7. The van der Waals surface area contributed by atoms with Gasteiger partial charge >= 0.3 is 0 Å². The molecule has 0 radical (unpaired) electrons. The molecule has 0 spiro atoms. The summed E-state index contributed by atoms with van der Waals surface area (Å²) in [7, 11) is 0. The molecule has 1 N–H and O–H groups in total. The van der Waals surface area contributed by atoms with Gasteiger partial charge in [-0.3, -0.25) is 4.79 Å². The van der Waals surface area contributed by atoms with E-state index in [1.54, 1.807) is 6.07 Å². The molecular weight excluding hydrogens is 305 g/mol. The van der Waals surface area contributed by atoms with Gasteiger partial charge in [0.15, 0.2) is 6.33 Å². The van der Waals surface area contributed by atoms with Crippen molar-refractivity contribution in [2.24, 2.45) is 0 Å². The zero-order valence-electron chi connectivity index (χ0n) is 9.19. The third-order valence-corrected chi connectivity index (χ3v) is 2.84. The summed E-state index contributed by atoms with van der Waals surface area (Å²) in [5.41, 5.74) is -0.00472. The zero-order chi connectivity index (χ0) is 13.0. The third-order valence-electron chi connectivity index (χ3n) is 2.23. The van der Waals surface area contributed by atoms with Crippen molar-refractivity contribution in [3.8, 4) is 0 Å². The van der Waals surface area contributed by atoms with Crippen LogP contribution >= 0.6 is 15.9 Å². The zero-order valence-corrected chi connectivity index (χ0v) is 10.8. The number of nitrogens with one attached hydrogen (secondary N) is 1. The highest BCUT2D eigenvalue weighted by atomic mass is 79.9. The second-order valence-electron chi connectivity index (χ2n) is 3.44. The molecule has 1 aromatic heterocycles. The normalized spacial score (nSPS) is 10.3. The molecule has 1 heterocycles. The fourth-order valence-electron chi connectivity index (χ4n) is 1.36. The van der Waals surface area contributed by atoms with E-state index in [1.807, 2.05) is 0 Å². The maximum absolute atomic E-state index is 13.6. The molecule has 0 fully saturated rings. The quantitative estimate of drug-likeness (QED) is 0.936. The van der Waals surface area contributed by atoms with Gasteiger partial charge in [-0.25, -0.2) is 4.39 Å².